The van der Waals surface area contributed by atoms with Gasteiger partial charge in [0.2, 0.25) is 11.8 Å². The second kappa shape index (κ2) is 13.9. The minimum atomic E-state index is -4.13. The maximum absolute atomic E-state index is 14.5. The van der Waals surface area contributed by atoms with Crippen molar-refractivity contribution in [2.24, 2.45) is 0 Å². The molecule has 0 heterocycles. The molecule has 4 rings (SSSR count). The van der Waals surface area contributed by atoms with Crippen LogP contribution in [-0.4, -0.2) is 43.3 Å². The first-order chi connectivity index (χ1) is 20.8. The smallest absolute Gasteiger partial charge is 0.264 e. The van der Waals surface area contributed by atoms with Crippen molar-refractivity contribution in [3.05, 3.63) is 131 Å². The summed E-state index contributed by atoms with van der Waals surface area (Å²) in [5, 5.41) is 3.06. The third-order valence-corrected chi connectivity index (χ3v) is 9.09. The summed E-state index contributed by atoms with van der Waals surface area (Å²) >= 11 is 0. The summed E-state index contributed by atoms with van der Waals surface area (Å²) in [5.74, 6) is -0.797. The minimum Gasteiger partial charge on any atom is -0.350 e. The molecule has 8 heteroatoms. The normalized spacial score (nSPS) is 12.3. The molecule has 0 bridgehead atoms. The van der Waals surface area contributed by atoms with Gasteiger partial charge < -0.3 is 10.2 Å². The number of hydrogen-bond acceptors (Lipinski definition) is 4. The van der Waals surface area contributed by atoms with Crippen LogP contribution >= 0.6 is 0 Å². The molecule has 7 nitrogen and oxygen atoms in total. The molecule has 0 spiro atoms. The highest BCUT2D eigenvalue weighted by atomic mass is 32.2. The van der Waals surface area contributed by atoms with E-state index in [9.17, 15) is 18.0 Å². The highest BCUT2D eigenvalue weighted by Crippen LogP contribution is 2.25. The van der Waals surface area contributed by atoms with Crippen LogP contribution in [0.3, 0.4) is 0 Å². The highest BCUT2D eigenvalue weighted by Gasteiger charge is 2.35. The molecular formula is C36H41N3O4S. The highest BCUT2D eigenvalue weighted by molar-refractivity contribution is 7.92. The molecule has 0 fully saturated rings. The van der Waals surface area contributed by atoms with Gasteiger partial charge >= 0.3 is 0 Å². The Morgan fingerprint density at radius 1 is 0.773 bits per heavy atom. The van der Waals surface area contributed by atoms with Crippen LogP contribution in [0.5, 0.6) is 0 Å². The van der Waals surface area contributed by atoms with Crippen LogP contribution in [0.25, 0.3) is 0 Å². The lowest BCUT2D eigenvalue weighted by molar-refractivity contribution is -0.140. The summed E-state index contributed by atoms with van der Waals surface area (Å²) in [6, 6.07) is 31.5. The molecule has 0 aliphatic heterocycles. The molecule has 44 heavy (non-hydrogen) atoms. The van der Waals surface area contributed by atoms with Crippen molar-refractivity contribution in [1.29, 1.82) is 0 Å². The van der Waals surface area contributed by atoms with Crippen molar-refractivity contribution in [2.75, 3.05) is 10.8 Å². The Bertz CT molecular complexity index is 1670. The number of hydrogen-bond donors (Lipinski definition) is 1. The molecule has 4 aromatic carbocycles. The summed E-state index contributed by atoms with van der Waals surface area (Å²) in [5.41, 5.74) is 3.45. The Kier molecular flexibility index (Phi) is 10.3. The van der Waals surface area contributed by atoms with E-state index in [1.807, 2.05) is 89.2 Å². The number of carbonyl (C=O) groups is 2. The molecule has 2 amide bonds. The Labute approximate surface area is 261 Å². The van der Waals surface area contributed by atoms with Gasteiger partial charge in [-0.05, 0) is 75.6 Å². The fourth-order valence-corrected chi connectivity index (χ4v) is 6.35. The molecule has 1 N–H and O–H groups in total. The van der Waals surface area contributed by atoms with Gasteiger partial charge in [-0.3, -0.25) is 13.9 Å². The van der Waals surface area contributed by atoms with Gasteiger partial charge in [0.1, 0.15) is 12.6 Å². The van der Waals surface area contributed by atoms with Crippen LogP contribution in [-0.2, 0) is 32.6 Å². The van der Waals surface area contributed by atoms with E-state index < -0.39 is 34.1 Å². The largest absolute Gasteiger partial charge is 0.350 e. The van der Waals surface area contributed by atoms with E-state index in [0.29, 0.717) is 5.69 Å². The molecule has 1 atom stereocenters. The third kappa shape index (κ3) is 8.35. The quantitative estimate of drug-likeness (QED) is 0.224. The van der Waals surface area contributed by atoms with Crippen LogP contribution in [0.15, 0.2) is 114 Å². The van der Waals surface area contributed by atoms with E-state index in [0.717, 1.165) is 26.6 Å². The molecule has 0 aliphatic rings. The second-order valence-corrected chi connectivity index (χ2v) is 13.9. The number of para-hydroxylation sites is 1. The number of aryl methyl sites for hydroxylation is 2. The van der Waals surface area contributed by atoms with Gasteiger partial charge in [0.15, 0.2) is 0 Å². The number of carbonyl (C=O) groups excluding carboxylic acids is 2. The van der Waals surface area contributed by atoms with Crippen LogP contribution in [0.2, 0.25) is 0 Å². The Balaban J connectivity index is 1.81. The lowest BCUT2D eigenvalue weighted by Gasteiger charge is -2.35. The van der Waals surface area contributed by atoms with Gasteiger partial charge in [-0.15, -0.1) is 0 Å². The van der Waals surface area contributed by atoms with Crippen molar-refractivity contribution in [1.82, 2.24) is 10.2 Å². The van der Waals surface area contributed by atoms with Crippen molar-refractivity contribution >= 4 is 27.5 Å². The standard InChI is InChI=1S/C36H41N3O4S/c1-27-20-22-32(23-21-27)44(42,43)39(31-18-10-7-11-19-31)26-34(40)38(25-30-17-13-12-14-28(30)2)33(35(41)37-36(3,4)5)24-29-15-8-6-9-16-29/h6-23,33H,24-26H2,1-5H3,(H,37,41)/t33-/m0/s1. The summed E-state index contributed by atoms with van der Waals surface area (Å²) in [4.78, 5) is 30.1. The number of anilines is 1. The molecule has 0 radical (unpaired) electrons. The van der Waals surface area contributed by atoms with E-state index in [-0.39, 0.29) is 23.8 Å². The fraction of sp³-hybridized carbons (Fsp3) is 0.278. The zero-order valence-electron chi connectivity index (χ0n) is 26.0. The average Bonchev–Trinajstić information content (AvgIpc) is 2.98. The van der Waals surface area contributed by atoms with Gasteiger partial charge in [0, 0.05) is 18.5 Å². The number of nitrogens with one attached hydrogen (secondary N) is 1. The van der Waals surface area contributed by atoms with E-state index in [2.05, 4.69) is 5.32 Å². The molecule has 0 aromatic heterocycles. The first kappa shape index (κ1) is 32.5. The summed E-state index contributed by atoms with van der Waals surface area (Å²) in [6.45, 7) is 9.16. The summed E-state index contributed by atoms with van der Waals surface area (Å²) < 4.78 is 29.3. The number of nitrogens with zero attached hydrogens (tertiary/aromatic N) is 2. The van der Waals surface area contributed by atoms with Gasteiger partial charge in [-0.1, -0.05) is 90.5 Å². The lowest BCUT2D eigenvalue weighted by atomic mass is 10.00. The number of benzene rings is 4. The predicted octanol–water partition coefficient (Wildman–Crippen LogP) is 6.05. The third-order valence-electron chi connectivity index (χ3n) is 7.30. The van der Waals surface area contributed by atoms with Crippen molar-refractivity contribution in [3.8, 4) is 0 Å². The maximum atomic E-state index is 14.5. The molecule has 0 aliphatic carbocycles. The first-order valence-corrected chi connectivity index (χ1v) is 16.1. The van der Waals surface area contributed by atoms with E-state index in [4.69, 9.17) is 0 Å². The molecule has 4 aromatic rings. The summed E-state index contributed by atoms with van der Waals surface area (Å²) in [7, 11) is -4.13. The maximum Gasteiger partial charge on any atom is 0.264 e. The van der Waals surface area contributed by atoms with Crippen LogP contribution in [0.4, 0.5) is 5.69 Å². The van der Waals surface area contributed by atoms with Crippen LogP contribution < -0.4 is 9.62 Å². The molecule has 0 unspecified atom stereocenters. The lowest BCUT2D eigenvalue weighted by Crippen LogP contribution is -2.56. The predicted molar refractivity (Wildman–Crippen MR) is 176 cm³/mol. The zero-order valence-corrected chi connectivity index (χ0v) is 26.8. The Morgan fingerprint density at radius 2 is 1.34 bits per heavy atom. The van der Waals surface area contributed by atoms with Gasteiger partial charge in [-0.25, -0.2) is 8.42 Å². The average molecular weight is 612 g/mol. The molecule has 230 valence electrons. The number of rotatable bonds is 11. The number of sulfonamides is 1. The minimum absolute atomic E-state index is 0.0801. The van der Waals surface area contributed by atoms with Gasteiger partial charge in [0.25, 0.3) is 10.0 Å². The zero-order chi connectivity index (χ0) is 31.9. The van der Waals surface area contributed by atoms with E-state index in [1.54, 1.807) is 54.6 Å². The SMILES string of the molecule is Cc1ccc(S(=O)(=O)N(CC(=O)N(Cc2ccccc2C)[C@@H](Cc2ccccc2)C(=O)NC(C)(C)C)c2ccccc2)cc1. The van der Waals surface area contributed by atoms with Crippen molar-refractivity contribution in [3.63, 3.8) is 0 Å². The first-order valence-electron chi connectivity index (χ1n) is 14.7. The van der Waals surface area contributed by atoms with Crippen LogP contribution in [0, 0.1) is 13.8 Å². The van der Waals surface area contributed by atoms with E-state index in [1.165, 1.54) is 4.90 Å². The number of amides is 2. The fourth-order valence-electron chi connectivity index (χ4n) is 4.94. The van der Waals surface area contributed by atoms with E-state index >= 15 is 0 Å². The van der Waals surface area contributed by atoms with Crippen molar-refractivity contribution in [2.45, 2.75) is 64.1 Å². The summed E-state index contributed by atoms with van der Waals surface area (Å²) in [6.07, 6.45) is 0.260. The monoisotopic (exact) mass is 611 g/mol. The van der Waals surface area contributed by atoms with Gasteiger partial charge in [0.05, 0.1) is 10.6 Å². The van der Waals surface area contributed by atoms with Gasteiger partial charge in [-0.2, -0.15) is 0 Å². The Morgan fingerprint density at radius 3 is 1.93 bits per heavy atom. The second-order valence-electron chi connectivity index (χ2n) is 12.1. The Hall–Kier alpha value is -4.43. The topological polar surface area (TPSA) is 86.8 Å². The van der Waals surface area contributed by atoms with Crippen molar-refractivity contribution < 1.29 is 18.0 Å². The molecule has 0 saturated carbocycles. The molecular weight excluding hydrogens is 570 g/mol. The van der Waals surface area contributed by atoms with Crippen LogP contribution in [0.1, 0.15) is 43.0 Å². The molecule has 0 saturated heterocycles.